The van der Waals surface area contributed by atoms with Gasteiger partial charge in [-0.1, -0.05) is 6.07 Å². The van der Waals surface area contributed by atoms with Crippen LogP contribution >= 0.6 is 0 Å². The Bertz CT molecular complexity index is 526. The van der Waals surface area contributed by atoms with Gasteiger partial charge in [-0.25, -0.2) is 0 Å². The van der Waals surface area contributed by atoms with Crippen LogP contribution in [-0.2, 0) is 6.54 Å². The van der Waals surface area contributed by atoms with Crippen molar-refractivity contribution >= 4 is 5.69 Å². The van der Waals surface area contributed by atoms with Crippen LogP contribution < -0.4 is 15.4 Å². The first-order valence-corrected chi connectivity index (χ1v) is 5.79. The summed E-state index contributed by atoms with van der Waals surface area (Å²) in [6, 6.07) is 9.75. The van der Waals surface area contributed by atoms with Gasteiger partial charge >= 0.3 is 0 Å². The lowest BCUT2D eigenvalue weighted by molar-refractivity contribution is 0.474. The van der Waals surface area contributed by atoms with Crippen LogP contribution in [0.25, 0.3) is 0 Å². The summed E-state index contributed by atoms with van der Waals surface area (Å²) in [4.78, 5) is 6.08. The second-order valence-electron chi connectivity index (χ2n) is 4.18. The first-order chi connectivity index (χ1) is 8.70. The Morgan fingerprint density at radius 1 is 1.28 bits per heavy atom. The van der Waals surface area contributed by atoms with Gasteiger partial charge in [-0.3, -0.25) is 4.98 Å². The van der Waals surface area contributed by atoms with Gasteiger partial charge in [-0.15, -0.1) is 0 Å². The van der Waals surface area contributed by atoms with E-state index in [0.29, 0.717) is 12.3 Å². The zero-order valence-electron chi connectivity index (χ0n) is 10.6. The summed E-state index contributed by atoms with van der Waals surface area (Å²) < 4.78 is 5.82. The third kappa shape index (κ3) is 2.78. The average Bonchev–Trinajstić information content (AvgIpc) is 2.39. The highest BCUT2D eigenvalue weighted by molar-refractivity contribution is 5.50. The number of hydrogen-bond donors (Lipinski definition) is 1. The van der Waals surface area contributed by atoms with E-state index >= 15 is 0 Å². The van der Waals surface area contributed by atoms with Crippen molar-refractivity contribution in [2.45, 2.75) is 6.54 Å². The van der Waals surface area contributed by atoms with E-state index in [-0.39, 0.29) is 0 Å². The van der Waals surface area contributed by atoms with E-state index in [4.69, 9.17) is 10.5 Å². The smallest absolute Gasteiger partial charge is 0.150 e. The summed E-state index contributed by atoms with van der Waals surface area (Å²) in [5, 5.41) is 0. The van der Waals surface area contributed by atoms with Gasteiger partial charge in [0, 0.05) is 44.2 Å². The number of ether oxygens (including phenoxy) is 1. The first kappa shape index (κ1) is 12.4. The summed E-state index contributed by atoms with van der Waals surface area (Å²) in [5.41, 5.74) is 7.70. The minimum absolute atomic E-state index is 0.436. The largest absolute Gasteiger partial charge is 0.455 e. The lowest BCUT2D eigenvalue weighted by Crippen LogP contribution is -2.08. The molecule has 0 aliphatic rings. The number of pyridine rings is 1. The van der Waals surface area contributed by atoms with Crippen molar-refractivity contribution in [3.8, 4) is 11.5 Å². The Kier molecular flexibility index (Phi) is 3.79. The van der Waals surface area contributed by atoms with Crippen LogP contribution in [0.4, 0.5) is 5.69 Å². The minimum Gasteiger partial charge on any atom is -0.455 e. The molecule has 2 rings (SSSR count). The van der Waals surface area contributed by atoms with E-state index in [0.717, 1.165) is 17.0 Å². The van der Waals surface area contributed by atoms with Gasteiger partial charge in [-0.2, -0.15) is 0 Å². The second kappa shape index (κ2) is 5.51. The van der Waals surface area contributed by atoms with Gasteiger partial charge in [0.25, 0.3) is 0 Å². The molecule has 0 unspecified atom stereocenters. The molecular weight excluding hydrogens is 226 g/mol. The topological polar surface area (TPSA) is 51.4 Å². The highest BCUT2D eigenvalue weighted by Gasteiger charge is 2.04. The maximum absolute atomic E-state index is 5.82. The molecule has 0 atom stereocenters. The fourth-order valence-electron chi connectivity index (χ4n) is 1.62. The number of hydrogen-bond acceptors (Lipinski definition) is 4. The molecule has 2 aromatic rings. The van der Waals surface area contributed by atoms with E-state index in [9.17, 15) is 0 Å². The molecule has 0 aliphatic heterocycles. The molecule has 1 aromatic heterocycles. The number of benzene rings is 1. The van der Waals surface area contributed by atoms with E-state index in [1.807, 2.05) is 49.3 Å². The summed E-state index contributed by atoms with van der Waals surface area (Å²) in [7, 11) is 3.99. The third-order valence-corrected chi connectivity index (χ3v) is 2.65. The molecule has 4 heteroatoms. The van der Waals surface area contributed by atoms with Crippen molar-refractivity contribution in [3.63, 3.8) is 0 Å². The SMILES string of the molecule is CN(C)c1cccc(Oc2cnccc2CN)c1. The van der Waals surface area contributed by atoms with Crippen LogP contribution in [0.5, 0.6) is 11.5 Å². The predicted octanol–water partition coefficient (Wildman–Crippen LogP) is 2.40. The Morgan fingerprint density at radius 2 is 2.11 bits per heavy atom. The van der Waals surface area contributed by atoms with Crippen LogP contribution in [0.1, 0.15) is 5.56 Å². The molecule has 1 aromatic carbocycles. The highest BCUT2D eigenvalue weighted by Crippen LogP contribution is 2.26. The Labute approximate surface area is 107 Å². The first-order valence-electron chi connectivity index (χ1n) is 5.79. The molecule has 4 nitrogen and oxygen atoms in total. The maximum atomic E-state index is 5.82. The maximum Gasteiger partial charge on any atom is 0.150 e. The fourth-order valence-corrected chi connectivity index (χ4v) is 1.62. The molecule has 2 N–H and O–H groups in total. The van der Waals surface area contributed by atoms with Gasteiger partial charge in [-0.05, 0) is 18.2 Å². The summed E-state index contributed by atoms with van der Waals surface area (Å²) in [6.45, 7) is 0.436. The van der Waals surface area contributed by atoms with Crippen molar-refractivity contribution in [2.24, 2.45) is 5.73 Å². The second-order valence-corrected chi connectivity index (χ2v) is 4.18. The number of rotatable bonds is 4. The van der Waals surface area contributed by atoms with Crippen LogP contribution in [-0.4, -0.2) is 19.1 Å². The summed E-state index contributed by atoms with van der Waals surface area (Å²) in [5.74, 6) is 1.49. The third-order valence-electron chi connectivity index (χ3n) is 2.65. The number of anilines is 1. The van der Waals surface area contributed by atoms with Crippen LogP contribution in [0.3, 0.4) is 0 Å². The molecule has 0 bridgehead atoms. The number of nitrogens with zero attached hydrogens (tertiary/aromatic N) is 2. The molecule has 0 amide bonds. The van der Waals surface area contributed by atoms with Gasteiger partial charge < -0.3 is 15.4 Å². The van der Waals surface area contributed by atoms with Crippen LogP contribution in [0.2, 0.25) is 0 Å². The standard InChI is InChI=1S/C14H17N3O/c1-17(2)12-4-3-5-13(8-12)18-14-10-16-7-6-11(14)9-15/h3-8,10H,9,15H2,1-2H3. The summed E-state index contributed by atoms with van der Waals surface area (Å²) in [6.07, 6.45) is 3.40. The van der Waals surface area contributed by atoms with Gasteiger partial charge in [0.05, 0.1) is 6.20 Å². The molecule has 1 heterocycles. The summed E-state index contributed by atoms with van der Waals surface area (Å²) >= 11 is 0. The lowest BCUT2D eigenvalue weighted by Gasteiger charge is -2.14. The zero-order valence-corrected chi connectivity index (χ0v) is 10.6. The molecule has 0 fully saturated rings. The molecular formula is C14H17N3O. The van der Waals surface area contributed by atoms with E-state index in [1.54, 1.807) is 12.4 Å². The van der Waals surface area contributed by atoms with Crippen molar-refractivity contribution in [1.29, 1.82) is 0 Å². The van der Waals surface area contributed by atoms with Crippen molar-refractivity contribution in [1.82, 2.24) is 4.98 Å². The van der Waals surface area contributed by atoms with E-state index in [2.05, 4.69) is 4.98 Å². The molecule has 0 saturated carbocycles. The minimum atomic E-state index is 0.436. The van der Waals surface area contributed by atoms with Crippen LogP contribution in [0.15, 0.2) is 42.7 Å². The molecule has 18 heavy (non-hydrogen) atoms. The normalized spacial score (nSPS) is 10.2. The number of nitrogens with two attached hydrogens (primary N) is 1. The Hall–Kier alpha value is -2.07. The molecule has 0 spiro atoms. The van der Waals surface area contributed by atoms with E-state index in [1.165, 1.54) is 0 Å². The lowest BCUT2D eigenvalue weighted by atomic mass is 10.2. The van der Waals surface area contributed by atoms with E-state index < -0.39 is 0 Å². The van der Waals surface area contributed by atoms with Crippen LogP contribution in [0, 0.1) is 0 Å². The Morgan fingerprint density at radius 3 is 2.83 bits per heavy atom. The van der Waals surface area contributed by atoms with Gasteiger partial charge in [0.1, 0.15) is 11.5 Å². The molecule has 0 aliphatic carbocycles. The number of aromatic nitrogens is 1. The highest BCUT2D eigenvalue weighted by atomic mass is 16.5. The predicted molar refractivity (Wildman–Crippen MR) is 73.0 cm³/mol. The monoisotopic (exact) mass is 243 g/mol. The average molecular weight is 243 g/mol. The fraction of sp³-hybridized carbons (Fsp3) is 0.214. The zero-order chi connectivity index (χ0) is 13.0. The molecule has 0 saturated heterocycles. The molecule has 94 valence electrons. The van der Waals surface area contributed by atoms with Gasteiger partial charge in [0.15, 0.2) is 0 Å². The van der Waals surface area contributed by atoms with Gasteiger partial charge in [0.2, 0.25) is 0 Å². The molecule has 0 radical (unpaired) electrons. The van der Waals surface area contributed by atoms with Crippen molar-refractivity contribution in [3.05, 3.63) is 48.3 Å². The van der Waals surface area contributed by atoms with Crippen molar-refractivity contribution in [2.75, 3.05) is 19.0 Å². The van der Waals surface area contributed by atoms with Crippen molar-refractivity contribution < 1.29 is 4.74 Å². The quantitative estimate of drug-likeness (QED) is 0.895. The Balaban J connectivity index is 2.25.